The lowest BCUT2D eigenvalue weighted by atomic mass is 10.1. The Bertz CT molecular complexity index is 870. The van der Waals surface area contributed by atoms with E-state index in [1.54, 1.807) is 5.06 Å². The molecule has 2 aromatic rings. The maximum absolute atomic E-state index is 12.8. The molecule has 1 fully saturated rings. The summed E-state index contributed by atoms with van der Waals surface area (Å²) < 4.78 is 5.10. The molecule has 0 bridgehead atoms. The number of hydrogen-bond acceptors (Lipinski definition) is 6. The lowest BCUT2D eigenvalue weighted by molar-refractivity contribution is -0.197. The number of carbonyl (C=O) groups excluding carboxylic acids is 3. The minimum absolute atomic E-state index is 0.104. The number of alkyl carbamates (subject to hydrolysis) is 1. The minimum Gasteiger partial charge on any atom is -0.445 e. The van der Waals surface area contributed by atoms with Crippen molar-refractivity contribution in [2.75, 3.05) is 19.6 Å². The standard InChI is InChI=1S/C24H29N3O5/c28-22(17-25-24(30)31-18-20-12-6-2-7-13-20)26-21(16-19-10-4-1-5-11-19)23(29)32-27-14-8-3-9-15-27/h1-2,4-7,10-13,21H,3,8-9,14-18H2,(H,25,30)(H,26,28)/t21-/m0/s1. The molecule has 1 aliphatic rings. The number of carbonyl (C=O) groups is 3. The van der Waals surface area contributed by atoms with E-state index in [-0.39, 0.29) is 19.6 Å². The maximum Gasteiger partial charge on any atom is 0.407 e. The second-order valence-electron chi connectivity index (χ2n) is 7.63. The number of rotatable bonds is 9. The molecular weight excluding hydrogens is 410 g/mol. The molecule has 2 N–H and O–H groups in total. The summed E-state index contributed by atoms with van der Waals surface area (Å²) in [5.74, 6) is -1.02. The summed E-state index contributed by atoms with van der Waals surface area (Å²) in [6.45, 7) is 1.17. The molecule has 1 atom stereocenters. The van der Waals surface area contributed by atoms with E-state index >= 15 is 0 Å². The Morgan fingerprint density at radius 1 is 0.875 bits per heavy atom. The average Bonchev–Trinajstić information content (AvgIpc) is 2.83. The summed E-state index contributed by atoms with van der Waals surface area (Å²) >= 11 is 0. The fourth-order valence-corrected chi connectivity index (χ4v) is 3.36. The Morgan fingerprint density at radius 2 is 1.50 bits per heavy atom. The van der Waals surface area contributed by atoms with Gasteiger partial charge in [-0.25, -0.2) is 9.59 Å². The number of ether oxygens (including phenoxy) is 1. The van der Waals surface area contributed by atoms with Crippen molar-refractivity contribution in [1.29, 1.82) is 0 Å². The van der Waals surface area contributed by atoms with Crippen LogP contribution in [0.2, 0.25) is 0 Å². The zero-order valence-electron chi connectivity index (χ0n) is 18.0. The highest BCUT2D eigenvalue weighted by molar-refractivity contribution is 5.87. The van der Waals surface area contributed by atoms with Gasteiger partial charge in [0.1, 0.15) is 19.2 Å². The third kappa shape index (κ3) is 8.03. The van der Waals surface area contributed by atoms with E-state index < -0.39 is 24.0 Å². The van der Waals surface area contributed by atoms with Crippen molar-refractivity contribution in [1.82, 2.24) is 15.7 Å². The van der Waals surface area contributed by atoms with Gasteiger partial charge in [-0.2, -0.15) is 0 Å². The van der Waals surface area contributed by atoms with Crippen LogP contribution in [0.3, 0.4) is 0 Å². The van der Waals surface area contributed by atoms with Gasteiger partial charge in [-0.15, -0.1) is 5.06 Å². The van der Waals surface area contributed by atoms with Gasteiger partial charge in [0.25, 0.3) is 0 Å². The Hall–Kier alpha value is -3.39. The molecule has 1 heterocycles. The van der Waals surface area contributed by atoms with Crippen molar-refractivity contribution >= 4 is 18.0 Å². The second kappa shape index (κ2) is 12.5. The van der Waals surface area contributed by atoms with Crippen LogP contribution in [-0.2, 0) is 32.2 Å². The number of nitrogens with zero attached hydrogens (tertiary/aromatic N) is 1. The first kappa shape index (κ1) is 23.3. The highest BCUT2D eigenvalue weighted by Gasteiger charge is 2.26. The first-order chi connectivity index (χ1) is 15.6. The molecular formula is C24H29N3O5. The van der Waals surface area contributed by atoms with E-state index in [9.17, 15) is 14.4 Å². The van der Waals surface area contributed by atoms with Crippen molar-refractivity contribution in [2.24, 2.45) is 0 Å². The molecule has 32 heavy (non-hydrogen) atoms. The molecule has 1 saturated heterocycles. The van der Waals surface area contributed by atoms with E-state index in [4.69, 9.17) is 9.57 Å². The molecule has 2 aromatic carbocycles. The smallest absolute Gasteiger partial charge is 0.407 e. The van der Waals surface area contributed by atoms with Gasteiger partial charge in [0.2, 0.25) is 5.91 Å². The van der Waals surface area contributed by atoms with Gasteiger partial charge in [-0.05, 0) is 24.0 Å². The van der Waals surface area contributed by atoms with Gasteiger partial charge in [0.05, 0.1) is 0 Å². The van der Waals surface area contributed by atoms with Crippen LogP contribution in [0, 0.1) is 0 Å². The van der Waals surface area contributed by atoms with E-state index in [2.05, 4.69) is 10.6 Å². The highest BCUT2D eigenvalue weighted by atomic mass is 16.7. The molecule has 8 heteroatoms. The molecule has 170 valence electrons. The predicted molar refractivity (Wildman–Crippen MR) is 118 cm³/mol. The maximum atomic E-state index is 12.8. The Kier molecular flexibility index (Phi) is 9.06. The lowest BCUT2D eigenvalue weighted by Gasteiger charge is -2.27. The molecule has 0 radical (unpaired) electrons. The van der Waals surface area contributed by atoms with Crippen molar-refractivity contribution < 1.29 is 24.0 Å². The Balaban J connectivity index is 1.50. The summed E-state index contributed by atoms with van der Waals surface area (Å²) in [5.41, 5.74) is 1.74. The minimum atomic E-state index is -0.867. The van der Waals surface area contributed by atoms with Crippen molar-refractivity contribution in [2.45, 2.75) is 38.3 Å². The van der Waals surface area contributed by atoms with Crippen LogP contribution < -0.4 is 10.6 Å². The van der Waals surface area contributed by atoms with Crippen molar-refractivity contribution in [3.05, 3.63) is 71.8 Å². The largest absolute Gasteiger partial charge is 0.445 e. The van der Waals surface area contributed by atoms with Crippen molar-refractivity contribution in [3.63, 3.8) is 0 Å². The number of nitrogens with one attached hydrogen (secondary N) is 2. The van der Waals surface area contributed by atoms with Crippen LogP contribution in [0.1, 0.15) is 30.4 Å². The van der Waals surface area contributed by atoms with E-state index in [0.717, 1.165) is 30.4 Å². The van der Waals surface area contributed by atoms with Gasteiger partial charge < -0.3 is 20.2 Å². The molecule has 0 aromatic heterocycles. The van der Waals surface area contributed by atoms with Crippen LogP contribution in [0.5, 0.6) is 0 Å². The van der Waals surface area contributed by atoms with Crippen molar-refractivity contribution in [3.8, 4) is 0 Å². The van der Waals surface area contributed by atoms with E-state index in [0.29, 0.717) is 13.1 Å². The van der Waals surface area contributed by atoms with E-state index in [1.807, 2.05) is 60.7 Å². The van der Waals surface area contributed by atoms with Gasteiger partial charge in [-0.3, -0.25) is 4.79 Å². The zero-order chi connectivity index (χ0) is 22.6. The summed E-state index contributed by atoms with van der Waals surface area (Å²) in [5, 5.41) is 6.73. The predicted octanol–water partition coefficient (Wildman–Crippen LogP) is 2.58. The Morgan fingerprint density at radius 3 is 2.16 bits per heavy atom. The third-order valence-corrected chi connectivity index (χ3v) is 5.04. The van der Waals surface area contributed by atoms with Crippen LogP contribution >= 0.6 is 0 Å². The SMILES string of the molecule is O=C(CNC(=O)OCc1ccccc1)N[C@@H](Cc1ccccc1)C(=O)ON1CCCCC1. The van der Waals surface area contributed by atoms with Gasteiger partial charge in [0.15, 0.2) is 0 Å². The molecule has 8 nitrogen and oxygen atoms in total. The summed E-state index contributed by atoms with van der Waals surface area (Å²) in [6.07, 6.45) is 2.64. The molecule has 0 unspecified atom stereocenters. The quantitative estimate of drug-likeness (QED) is 0.623. The molecule has 0 aliphatic carbocycles. The van der Waals surface area contributed by atoms with Crippen LogP contribution in [0.15, 0.2) is 60.7 Å². The fraction of sp³-hybridized carbons (Fsp3) is 0.375. The molecule has 2 amide bonds. The summed E-state index contributed by atoms with van der Waals surface area (Å²) in [4.78, 5) is 42.6. The van der Waals surface area contributed by atoms with Crippen LogP contribution in [-0.4, -0.2) is 48.7 Å². The average molecular weight is 440 g/mol. The molecule has 0 spiro atoms. The van der Waals surface area contributed by atoms with Crippen LogP contribution in [0.4, 0.5) is 4.79 Å². The zero-order valence-corrected chi connectivity index (χ0v) is 18.0. The highest BCUT2D eigenvalue weighted by Crippen LogP contribution is 2.11. The summed E-state index contributed by atoms with van der Waals surface area (Å²) in [7, 11) is 0. The van der Waals surface area contributed by atoms with Crippen LogP contribution in [0.25, 0.3) is 0 Å². The van der Waals surface area contributed by atoms with Gasteiger partial charge in [-0.1, -0.05) is 67.1 Å². The first-order valence-corrected chi connectivity index (χ1v) is 10.8. The molecule has 1 aliphatic heterocycles. The molecule has 0 saturated carbocycles. The summed E-state index contributed by atoms with van der Waals surface area (Å²) in [6, 6.07) is 17.8. The fourth-order valence-electron chi connectivity index (χ4n) is 3.36. The lowest BCUT2D eigenvalue weighted by Crippen LogP contribution is -2.49. The molecule has 3 rings (SSSR count). The number of amides is 2. The number of benzene rings is 2. The third-order valence-electron chi connectivity index (χ3n) is 5.04. The van der Waals surface area contributed by atoms with Gasteiger partial charge >= 0.3 is 12.1 Å². The monoisotopic (exact) mass is 439 g/mol. The Labute approximate surface area is 187 Å². The number of hydrogen-bond donors (Lipinski definition) is 2. The number of hydroxylamine groups is 2. The first-order valence-electron chi connectivity index (χ1n) is 10.8. The van der Waals surface area contributed by atoms with Gasteiger partial charge in [0, 0.05) is 19.5 Å². The normalized spacial score (nSPS) is 14.8. The second-order valence-corrected chi connectivity index (χ2v) is 7.63. The topological polar surface area (TPSA) is 97.0 Å². The van der Waals surface area contributed by atoms with E-state index in [1.165, 1.54) is 0 Å². The number of piperidine rings is 1.